The van der Waals surface area contributed by atoms with Crippen LogP contribution in [0, 0.1) is 0 Å². The maximum absolute atomic E-state index is 11.9. The van der Waals surface area contributed by atoms with E-state index in [2.05, 4.69) is 5.32 Å². The van der Waals surface area contributed by atoms with Crippen molar-refractivity contribution in [2.45, 2.75) is 25.5 Å². The number of amides is 2. The second-order valence-electron chi connectivity index (χ2n) is 4.85. The van der Waals surface area contributed by atoms with Crippen LogP contribution in [-0.2, 0) is 20.9 Å². The second-order valence-corrected chi connectivity index (χ2v) is 4.85. The van der Waals surface area contributed by atoms with Crippen molar-refractivity contribution in [3.63, 3.8) is 0 Å². The van der Waals surface area contributed by atoms with Gasteiger partial charge in [-0.15, -0.1) is 0 Å². The average Bonchev–Trinajstić information content (AvgIpc) is 3.00. The molecule has 1 aromatic rings. The number of hydrogen-bond acceptors (Lipinski definition) is 4. The molecule has 1 fully saturated rings. The molecule has 0 saturated carbocycles. The number of carbonyl (C=O) groups excluding carboxylic acids is 3. The number of likely N-dealkylation sites (tertiary alicyclic amines) is 1. The molecule has 1 N–H and O–H groups in total. The molecule has 2 rings (SSSR count). The van der Waals surface area contributed by atoms with Crippen molar-refractivity contribution in [3.8, 4) is 0 Å². The van der Waals surface area contributed by atoms with E-state index < -0.39 is 6.09 Å². The fourth-order valence-corrected chi connectivity index (χ4v) is 2.27. The van der Waals surface area contributed by atoms with Crippen molar-refractivity contribution in [3.05, 3.63) is 35.9 Å². The number of nitrogens with one attached hydrogen (secondary N) is 1. The van der Waals surface area contributed by atoms with Gasteiger partial charge in [0.15, 0.2) is 0 Å². The SMILES string of the molecule is O=C[C@@H]1CCCN1C(=O)CNC(=O)OCc1ccccc1. The molecule has 2 amide bonds. The summed E-state index contributed by atoms with van der Waals surface area (Å²) in [7, 11) is 0. The summed E-state index contributed by atoms with van der Waals surface area (Å²) in [5.74, 6) is -0.263. The van der Waals surface area contributed by atoms with Gasteiger partial charge >= 0.3 is 6.09 Å². The van der Waals surface area contributed by atoms with E-state index in [0.717, 1.165) is 18.3 Å². The topological polar surface area (TPSA) is 75.7 Å². The number of ether oxygens (including phenoxy) is 1. The summed E-state index contributed by atoms with van der Waals surface area (Å²) in [4.78, 5) is 35.7. The molecule has 0 unspecified atom stereocenters. The molecule has 1 aliphatic rings. The first-order chi connectivity index (χ1) is 10.2. The Morgan fingerprint density at radius 1 is 1.33 bits per heavy atom. The molecule has 112 valence electrons. The van der Waals surface area contributed by atoms with Gasteiger partial charge < -0.3 is 19.7 Å². The monoisotopic (exact) mass is 290 g/mol. The number of hydrogen-bond donors (Lipinski definition) is 1. The van der Waals surface area contributed by atoms with Crippen LogP contribution in [0.5, 0.6) is 0 Å². The van der Waals surface area contributed by atoms with E-state index in [4.69, 9.17) is 4.74 Å². The first-order valence-corrected chi connectivity index (χ1v) is 6.90. The Balaban J connectivity index is 1.71. The maximum atomic E-state index is 11.9. The third-order valence-electron chi connectivity index (χ3n) is 3.37. The summed E-state index contributed by atoms with van der Waals surface area (Å²) >= 11 is 0. The minimum Gasteiger partial charge on any atom is -0.445 e. The fourth-order valence-electron chi connectivity index (χ4n) is 2.27. The van der Waals surface area contributed by atoms with Gasteiger partial charge in [0.2, 0.25) is 5.91 Å². The van der Waals surface area contributed by atoms with Crippen LogP contribution in [0.4, 0.5) is 4.79 Å². The molecule has 6 nitrogen and oxygen atoms in total. The number of alkyl carbamates (subject to hydrolysis) is 1. The Bertz CT molecular complexity index is 504. The quantitative estimate of drug-likeness (QED) is 0.824. The average molecular weight is 290 g/mol. The lowest BCUT2D eigenvalue weighted by Gasteiger charge is -2.20. The first kappa shape index (κ1) is 15.0. The number of benzene rings is 1. The highest BCUT2D eigenvalue weighted by Crippen LogP contribution is 2.14. The molecule has 1 atom stereocenters. The molecule has 1 aliphatic heterocycles. The van der Waals surface area contributed by atoms with Gasteiger partial charge in [-0.2, -0.15) is 0 Å². The molecule has 0 aromatic heterocycles. The molecule has 21 heavy (non-hydrogen) atoms. The van der Waals surface area contributed by atoms with Crippen molar-refractivity contribution in [2.24, 2.45) is 0 Å². The van der Waals surface area contributed by atoms with Crippen molar-refractivity contribution in [1.82, 2.24) is 10.2 Å². The molecule has 1 saturated heterocycles. The molecule has 1 heterocycles. The Labute approximate surface area is 123 Å². The fraction of sp³-hybridized carbons (Fsp3) is 0.400. The Hall–Kier alpha value is -2.37. The van der Waals surface area contributed by atoms with Crippen LogP contribution in [0.2, 0.25) is 0 Å². The van der Waals surface area contributed by atoms with Crippen molar-refractivity contribution in [2.75, 3.05) is 13.1 Å². The van der Waals surface area contributed by atoms with E-state index in [1.165, 1.54) is 4.90 Å². The minimum absolute atomic E-state index is 0.154. The van der Waals surface area contributed by atoms with E-state index in [9.17, 15) is 14.4 Å². The predicted octanol–water partition coefficient (Wildman–Crippen LogP) is 1.10. The summed E-state index contributed by atoms with van der Waals surface area (Å²) in [6.45, 7) is 0.558. The summed E-state index contributed by atoms with van der Waals surface area (Å²) in [5.41, 5.74) is 0.875. The van der Waals surface area contributed by atoms with Crippen LogP contribution in [0.25, 0.3) is 0 Å². The highest BCUT2D eigenvalue weighted by Gasteiger charge is 2.28. The lowest BCUT2D eigenvalue weighted by molar-refractivity contribution is -0.133. The normalized spacial score (nSPS) is 17.3. The van der Waals surface area contributed by atoms with Crippen LogP contribution in [0.1, 0.15) is 18.4 Å². The molecule has 1 aromatic carbocycles. The largest absolute Gasteiger partial charge is 0.445 e. The molecular weight excluding hydrogens is 272 g/mol. The van der Waals surface area contributed by atoms with E-state index in [1.807, 2.05) is 30.3 Å². The Morgan fingerprint density at radius 2 is 2.10 bits per heavy atom. The van der Waals surface area contributed by atoms with Gasteiger partial charge in [-0.3, -0.25) is 4.79 Å². The summed E-state index contributed by atoms with van der Waals surface area (Å²) in [6, 6.07) is 8.91. The Morgan fingerprint density at radius 3 is 2.81 bits per heavy atom. The van der Waals surface area contributed by atoms with Crippen LogP contribution >= 0.6 is 0 Å². The third kappa shape index (κ3) is 4.30. The van der Waals surface area contributed by atoms with Gasteiger partial charge in [-0.1, -0.05) is 30.3 Å². The summed E-state index contributed by atoms with van der Waals surface area (Å²) in [6.07, 6.45) is 1.63. The zero-order chi connectivity index (χ0) is 15.1. The minimum atomic E-state index is -0.644. The van der Waals surface area contributed by atoms with Gasteiger partial charge in [0, 0.05) is 6.54 Å². The van der Waals surface area contributed by atoms with Gasteiger partial charge in [0.05, 0.1) is 6.04 Å². The highest BCUT2D eigenvalue weighted by molar-refractivity contribution is 5.84. The van der Waals surface area contributed by atoms with Crippen molar-refractivity contribution >= 4 is 18.3 Å². The van der Waals surface area contributed by atoms with E-state index in [-0.39, 0.29) is 25.1 Å². The van der Waals surface area contributed by atoms with Crippen molar-refractivity contribution < 1.29 is 19.1 Å². The lowest BCUT2D eigenvalue weighted by Crippen LogP contribution is -2.43. The lowest BCUT2D eigenvalue weighted by atomic mass is 10.2. The van der Waals surface area contributed by atoms with E-state index in [0.29, 0.717) is 13.0 Å². The molecule has 0 radical (unpaired) electrons. The second kappa shape index (κ2) is 7.42. The smallest absolute Gasteiger partial charge is 0.407 e. The highest BCUT2D eigenvalue weighted by atomic mass is 16.5. The molecular formula is C15H18N2O4. The number of carbonyl (C=O) groups is 3. The summed E-state index contributed by atoms with van der Waals surface area (Å²) < 4.78 is 5.00. The molecule has 0 spiro atoms. The van der Waals surface area contributed by atoms with E-state index in [1.54, 1.807) is 0 Å². The van der Waals surface area contributed by atoms with Crippen LogP contribution in [0.3, 0.4) is 0 Å². The summed E-state index contributed by atoms with van der Waals surface area (Å²) in [5, 5.41) is 2.41. The van der Waals surface area contributed by atoms with Gasteiger partial charge in [0.25, 0.3) is 0 Å². The van der Waals surface area contributed by atoms with Crippen LogP contribution in [-0.4, -0.2) is 42.3 Å². The van der Waals surface area contributed by atoms with E-state index >= 15 is 0 Å². The van der Waals surface area contributed by atoms with Gasteiger partial charge in [-0.05, 0) is 18.4 Å². The maximum Gasteiger partial charge on any atom is 0.407 e. The number of aldehydes is 1. The Kier molecular flexibility index (Phi) is 5.31. The molecule has 0 bridgehead atoms. The number of nitrogens with zero attached hydrogens (tertiary/aromatic N) is 1. The molecule has 6 heteroatoms. The number of rotatable bonds is 5. The van der Waals surface area contributed by atoms with Crippen molar-refractivity contribution in [1.29, 1.82) is 0 Å². The van der Waals surface area contributed by atoms with Gasteiger partial charge in [-0.25, -0.2) is 4.79 Å². The predicted molar refractivity (Wildman–Crippen MR) is 75.4 cm³/mol. The molecule has 0 aliphatic carbocycles. The third-order valence-corrected chi connectivity index (χ3v) is 3.37. The zero-order valence-corrected chi connectivity index (χ0v) is 11.7. The van der Waals surface area contributed by atoms with Crippen LogP contribution in [0.15, 0.2) is 30.3 Å². The standard InChI is InChI=1S/C15H18N2O4/c18-10-13-7-4-8-17(13)14(19)9-16-15(20)21-11-12-5-2-1-3-6-12/h1-3,5-6,10,13H,4,7-9,11H2,(H,16,20)/t13-/m0/s1. The zero-order valence-electron chi connectivity index (χ0n) is 11.7. The first-order valence-electron chi connectivity index (χ1n) is 6.90. The van der Waals surface area contributed by atoms with Gasteiger partial charge in [0.1, 0.15) is 19.4 Å². The van der Waals surface area contributed by atoms with Crippen LogP contribution < -0.4 is 5.32 Å².